The van der Waals surface area contributed by atoms with Crippen LogP contribution in [-0.4, -0.2) is 22.1 Å². The van der Waals surface area contributed by atoms with Crippen molar-refractivity contribution in [3.8, 4) is 0 Å². The number of halogens is 2. The van der Waals surface area contributed by atoms with Crippen LogP contribution in [0, 0.1) is 5.92 Å². The summed E-state index contributed by atoms with van der Waals surface area (Å²) in [6, 6.07) is 7.73. The summed E-state index contributed by atoms with van der Waals surface area (Å²) in [5, 5.41) is 19.6. The third-order valence-electron chi connectivity index (χ3n) is 3.53. The molecule has 1 aliphatic carbocycles. The minimum Gasteiger partial charge on any atom is -0.479 e. The van der Waals surface area contributed by atoms with Gasteiger partial charge in [-0.05, 0) is 12.0 Å². The molecule has 0 aliphatic heterocycles. The SMILES string of the molecule is O=C(O)C(O)(c1ccccc1)C1CCC(F)(F)C1. The maximum Gasteiger partial charge on any atom is 0.340 e. The molecular weight excluding hydrogens is 242 g/mol. The second-order valence-corrected chi connectivity index (χ2v) is 4.73. The summed E-state index contributed by atoms with van der Waals surface area (Å²) in [7, 11) is 0. The Morgan fingerprint density at radius 2 is 1.94 bits per heavy atom. The van der Waals surface area contributed by atoms with Gasteiger partial charge >= 0.3 is 5.97 Å². The van der Waals surface area contributed by atoms with Crippen molar-refractivity contribution in [1.82, 2.24) is 0 Å². The molecule has 1 saturated carbocycles. The van der Waals surface area contributed by atoms with E-state index in [2.05, 4.69) is 0 Å². The van der Waals surface area contributed by atoms with E-state index >= 15 is 0 Å². The van der Waals surface area contributed by atoms with Crippen molar-refractivity contribution in [3.05, 3.63) is 35.9 Å². The summed E-state index contributed by atoms with van der Waals surface area (Å²) in [6.45, 7) is 0. The van der Waals surface area contributed by atoms with Crippen LogP contribution in [-0.2, 0) is 10.4 Å². The van der Waals surface area contributed by atoms with Crippen LogP contribution in [0.3, 0.4) is 0 Å². The molecule has 0 radical (unpaired) electrons. The van der Waals surface area contributed by atoms with Crippen molar-refractivity contribution in [2.75, 3.05) is 0 Å². The van der Waals surface area contributed by atoms with Crippen LogP contribution >= 0.6 is 0 Å². The first-order chi connectivity index (χ1) is 8.36. The van der Waals surface area contributed by atoms with E-state index in [1.54, 1.807) is 18.2 Å². The minimum atomic E-state index is -2.89. The zero-order valence-electron chi connectivity index (χ0n) is 9.64. The number of hydrogen-bond acceptors (Lipinski definition) is 2. The normalized spacial score (nSPS) is 25.6. The number of carbonyl (C=O) groups is 1. The zero-order chi connectivity index (χ0) is 13.4. The van der Waals surface area contributed by atoms with Gasteiger partial charge in [-0.1, -0.05) is 30.3 Å². The lowest BCUT2D eigenvalue weighted by Crippen LogP contribution is -2.42. The maximum absolute atomic E-state index is 13.2. The minimum absolute atomic E-state index is 0.00466. The van der Waals surface area contributed by atoms with E-state index in [1.807, 2.05) is 0 Å². The van der Waals surface area contributed by atoms with Crippen molar-refractivity contribution in [2.45, 2.75) is 30.8 Å². The molecule has 0 aromatic heterocycles. The lowest BCUT2D eigenvalue weighted by Gasteiger charge is -2.30. The third-order valence-corrected chi connectivity index (χ3v) is 3.53. The predicted molar refractivity (Wildman–Crippen MR) is 60.3 cm³/mol. The van der Waals surface area contributed by atoms with Gasteiger partial charge in [-0.2, -0.15) is 0 Å². The standard InChI is InChI=1S/C13H14F2O3/c14-12(15)7-6-10(8-12)13(18,11(16)17)9-4-2-1-3-5-9/h1-5,10,18H,6-8H2,(H,16,17). The Morgan fingerprint density at radius 3 is 2.39 bits per heavy atom. The Hall–Kier alpha value is -1.49. The second kappa shape index (κ2) is 4.31. The Labute approximate surface area is 103 Å². The molecule has 1 aromatic carbocycles. The van der Waals surface area contributed by atoms with Gasteiger partial charge < -0.3 is 10.2 Å². The summed E-state index contributed by atoms with van der Waals surface area (Å²) in [6.07, 6.45) is -0.963. The first-order valence-electron chi connectivity index (χ1n) is 5.75. The molecule has 0 spiro atoms. The molecular formula is C13H14F2O3. The molecule has 0 bridgehead atoms. The van der Waals surface area contributed by atoms with Crippen molar-refractivity contribution < 1.29 is 23.8 Å². The molecule has 1 aliphatic rings. The van der Waals surface area contributed by atoms with Crippen molar-refractivity contribution >= 4 is 5.97 Å². The van der Waals surface area contributed by atoms with Crippen LogP contribution in [0.5, 0.6) is 0 Å². The molecule has 2 atom stereocenters. The highest BCUT2D eigenvalue weighted by molar-refractivity contribution is 5.79. The van der Waals surface area contributed by atoms with Crippen LogP contribution in [0.15, 0.2) is 30.3 Å². The van der Waals surface area contributed by atoms with Gasteiger partial charge in [-0.25, -0.2) is 13.6 Å². The molecule has 2 N–H and O–H groups in total. The fraction of sp³-hybridized carbons (Fsp3) is 0.462. The summed E-state index contributed by atoms with van der Waals surface area (Å²) < 4.78 is 26.4. The van der Waals surface area contributed by atoms with Crippen LogP contribution in [0.1, 0.15) is 24.8 Å². The number of aliphatic carboxylic acids is 1. The Balaban J connectivity index is 2.37. The van der Waals surface area contributed by atoms with Gasteiger partial charge in [0, 0.05) is 18.8 Å². The summed E-state index contributed by atoms with van der Waals surface area (Å²) in [4.78, 5) is 11.3. The summed E-state index contributed by atoms with van der Waals surface area (Å²) in [5.41, 5.74) is -2.08. The number of carboxylic acid groups (broad SMARTS) is 1. The van der Waals surface area contributed by atoms with Gasteiger partial charge in [-0.15, -0.1) is 0 Å². The number of benzene rings is 1. The Bertz CT molecular complexity index is 447. The average molecular weight is 256 g/mol. The van der Waals surface area contributed by atoms with Gasteiger partial charge in [0.05, 0.1) is 0 Å². The molecule has 0 amide bonds. The fourth-order valence-corrected chi connectivity index (χ4v) is 2.53. The van der Waals surface area contributed by atoms with Gasteiger partial charge in [0.1, 0.15) is 0 Å². The molecule has 1 fully saturated rings. The predicted octanol–water partition coefficient (Wildman–Crippen LogP) is 2.39. The molecule has 3 nitrogen and oxygen atoms in total. The molecule has 0 heterocycles. The zero-order valence-corrected chi connectivity index (χ0v) is 9.64. The molecule has 98 valence electrons. The van der Waals surface area contributed by atoms with E-state index in [9.17, 15) is 23.8 Å². The van der Waals surface area contributed by atoms with E-state index < -0.39 is 29.8 Å². The summed E-state index contributed by atoms with van der Waals surface area (Å²) >= 11 is 0. The van der Waals surface area contributed by atoms with Gasteiger partial charge in [-0.3, -0.25) is 0 Å². The molecule has 18 heavy (non-hydrogen) atoms. The van der Waals surface area contributed by atoms with Crippen molar-refractivity contribution in [3.63, 3.8) is 0 Å². The molecule has 5 heteroatoms. The Kier molecular flexibility index (Phi) is 3.11. The van der Waals surface area contributed by atoms with E-state index in [0.717, 1.165) is 0 Å². The van der Waals surface area contributed by atoms with E-state index in [4.69, 9.17) is 0 Å². The van der Waals surface area contributed by atoms with Gasteiger partial charge in [0.25, 0.3) is 0 Å². The molecule has 1 aromatic rings. The van der Waals surface area contributed by atoms with E-state index in [0.29, 0.717) is 0 Å². The van der Waals surface area contributed by atoms with Crippen molar-refractivity contribution in [2.24, 2.45) is 5.92 Å². The van der Waals surface area contributed by atoms with Crippen LogP contribution in [0.2, 0.25) is 0 Å². The topological polar surface area (TPSA) is 57.5 Å². The van der Waals surface area contributed by atoms with Crippen LogP contribution in [0.4, 0.5) is 8.78 Å². The smallest absolute Gasteiger partial charge is 0.340 e. The van der Waals surface area contributed by atoms with Crippen molar-refractivity contribution in [1.29, 1.82) is 0 Å². The quantitative estimate of drug-likeness (QED) is 0.873. The molecule has 0 saturated heterocycles. The van der Waals surface area contributed by atoms with Crippen LogP contribution in [0.25, 0.3) is 0 Å². The lowest BCUT2D eigenvalue weighted by atomic mass is 9.80. The molecule has 2 rings (SSSR count). The second-order valence-electron chi connectivity index (χ2n) is 4.73. The third kappa shape index (κ3) is 2.10. The largest absolute Gasteiger partial charge is 0.479 e. The lowest BCUT2D eigenvalue weighted by molar-refractivity contribution is -0.167. The maximum atomic E-state index is 13.2. The van der Waals surface area contributed by atoms with E-state index in [1.165, 1.54) is 12.1 Å². The number of hydrogen-bond donors (Lipinski definition) is 2. The molecule has 2 unspecified atom stereocenters. The highest BCUT2D eigenvalue weighted by atomic mass is 19.3. The average Bonchev–Trinajstić information content (AvgIpc) is 2.70. The first-order valence-corrected chi connectivity index (χ1v) is 5.75. The van der Waals surface area contributed by atoms with Gasteiger partial charge in [0.2, 0.25) is 5.92 Å². The monoisotopic (exact) mass is 256 g/mol. The number of alkyl halides is 2. The highest BCUT2D eigenvalue weighted by Crippen LogP contribution is 2.47. The van der Waals surface area contributed by atoms with Crippen LogP contribution < -0.4 is 0 Å². The highest BCUT2D eigenvalue weighted by Gasteiger charge is 2.53. The summed E-state index contributed by atoms with van der Waals surface area (Å²) in [5.74, 6) is -5.33. The first kappa shape index (κ1) is 13.0. The number of aliphatic hydroxyl groups is 1. The Morgan fingerprint density at radius 1 is 1.33 bits per heavy atom. The van der Waals surface area contributed by atoms with Gasteiger partial charge in [0.15, 0.2) is 5.60 Å². The fourth-order valence-electron chi connectivity index (χ4n) is 2.53. The van der Waals surface area contributed by atoms with E-state index in [-0.39, 0.29) is 18.4 Å². The number of carboxylic acids is 1. The number of rotatable bonds is 3.